The second-order valence-electron chi connectivity index (χ2n) is 3.65. The Balaban J connectivity index is 2.29. The van der Waals surface area contributed by atoms with Crippen molar-refractivity contribution in [3.63, 3.8) is 0 Å². The summed E-state index contributed by atoms with van der Waals surface area (Å²) in [5.41, 5.74) is 7.15. The lowest BCUT2D eigenvalue weighted by atomic mass is 10.3. The zero-order valence-electron chi connectivity index (χ0n) is 8.94. The van der Waals surface area contributed by atoms with E-state index in [9.17, 15) is 4.21 Å². The summed E-state index contributed by atoms with van der Waals surface area (Å²) in [6.45, 7) is 3.20. The van der Waals surface area contributed by atoms with Crippen LogP contribution in [0.15, 0.2) is 0 Å². The zero-order valence-corrected chi connectivity index (χ0v) is 10.5. The van der Waals surface area contributed by atoms with Crippen LogP contribution in [0.3, 0.4) is 0 Å². The van der Waals surface area contributed by atoms with Crippen molar-refractivity contribution in [2.45, 2.75) is 6.92 Å². The van der Waals surface area contributed by atoms with Gasteiger partial charge >= 0.3 is 0 Å². The monoisotopic (exact) mass is 260 g/mol. The van der Waals surface area contributed by atoms with Crippen molar-refractivity contribution in [1.29, 1.82) is 0 Å². The molecular formula is C9H13ClN4OS. The van der Waals surface area contributed by atoms with Crippen molar-refractivity contribution < 1.29 is 4.21 Å². The number of nitrogens with two attached hydrogens (primary N) is 1. The minimum atomic E-state index is -0.711. The van der Waals surface area contributed by atoms with E-state index < -0.39 is 10.8 Å². The Morgan fingerprint density at radius 1 is 1.38 bits per heavy atom. The molecule has 1 fully saturated rings. The predicted molar refractivity (Wildman–Crippen MR) is 66.3 cm³/mol. The number of anilines is 2. The molecule has 1 saturated heterocycles. The van der Waals surface area contributed by atoms with Crippen LogP contribution in [0.5, 0.6) is 0 Å². The minimum absolute atomic E-state index is 0.202. The third-order valence-electron chi connectivity index (χ3n) is 2.57. The summed E-state index contributed by atoms with van der Waals surface area (Å²) >= 11 is 5.81. The number of hydrogen-bond donors (Lipinski definition) is 1. The van der Waals surface area contributed by atoms with Gasteiger partial charge in [-0.1, -0.05) is 0 Å². The van der Waals surface area contributed by atoms with Gasteiger partial charge in [0.25, 0.3) is 0 Å². The summed E-state index contributed by atoms with van der Waals surface area (Å²) in [4.78, 5) is 10.1. The second-order valence-corrected chi connectivity index (χ2v) is 5.68. The van der Waals surface area contributed by atoms with E-state index in [1.165, 1.54) is 0 Å². The fraction of sp³-hybridized carbons (Fsp3) is 0.556. The smallest absolute Gasteiger partial charge is 0.224 e. The van der Waals surface area contributed by atoms with Crippen LogP contribution >= 0.6 is 11.6 Å². The highest BCUT2D eigenvalue weighted by Gasteiger charge is 2.20. The quantitative estimate of drug-likeness (QED) is 0.749. The molecule has 0 bridgehead atoms. The summed E-state index contributed by atoms with van der Waals surface area (Å²) in [5, 5.41) is 0.202. The number of nitrogens with zero attached hydrogens (tertiary/aromatic N) is 3. The molecule has 0 unspecified atom stereocenters. The molecule has 2 N–H and O–H groups in total. The molecule has 5 nitrogen and oxygen atoms in total. The van der Waals surface area contributed by atoms with Crippen LogP contribution in [0.25, 0.3) is 0 Å². The Morgan fingerprint density at radius 2 is 2.00 bits per heavy atom. The SMILES string of the molecule is Cc1nc(Cl)nc(N2CCS(=O)CC2)c1N. The van der Waals surface area contributed by atoms with Gasteiger partial charge in [-0.15, -0.1) is 0 Å². The molecule has 88 valence electrons. The molecule has 2 heterocycles. The van der Waals surface area contributed by atoms with E-state index in [1.54, 1.807) is 6.92 Å². The van der Waals surface area contributed by atoms with Crippen molar-refractivity contribution in [2.75, 3.05) is 35.2 Å². The van der Waals surface area contributed by atoms with Gasteiger partial charge in [0.15, 0.2) is 5.82 Å². The van der Waals surface area contributed by atoms with Crippen LogP contribution in [-0.4, -0.2) is 38.8 Å². The fourth-order valence-electron chi connectivity index (χ4n) is 1.62. The maximum atomic E-state index is 11.3. The predicted octanol–water partition coefficient (Wildman–Crippen LogP) is 0.589. The Kier molecular flexibility index (Phi) is 3.30. The lowest BCUT2D eigenvalue weighted by Gasteiger charge is -2.28. The van der Waals surface area contributed by atoms with Crippen LogP contribution in [0.2, 0.25) is 5.28 Å². The van der Waals surface area contributed by atoms with Crippen molar-refractivity contribution in [3.8, 4) is 0 Å². The molecule has 1 aliphatic rings. The van der Waals surface area contributed by atoms with Gasteiger partial charge in [0.1, 0.15) is 0 Å². The number of aryl methyl sites for hydroxylation is 1. The molecule has 1 aliphatic heterocycles. The molecule has 0 spiro atoms. The summed E-state index contributed by atoms with van der Waals surface area (Å²) in [5.74, 6) is 1.97. The molecule has 0 atom stereocenters. The largest absolute Gasteiger partial charge is 0.394 e. The van der Waals surface area contributed by atoms with E-state index in [0.717, 1.165) is 0 Å². The van der Waals surface area contributed by atoms with E-state index in [0.29, 0.717) is 41.8 Å². The highest BCUT2D eigenvalue weighted by atomic mass is 35.5. The Bertz CT molecular complexity index is 430. The maximum absolute atomic E-state index is 11.3. The fourth-order valence-corrected chi connectivity index (χ4v) is 2.88. The summed E-state index contributed by atoms with van der Waals surface area (Å²) < 4.78 is 11.3. The topological polar surface area (TPSA) is 72.1 Å². The van der Waals surface area contributed by atoms with Crippen LogP contribution in [0.1, 0.15) is 5.69 Å². The first kappa shape index (κ1) is 11.6. The third kappa shape index (κ3) is 2.27. The Labute approximate surface area is 101 Å². The lowest BCUT2D eigenvalue weighted by molar-refractivity contribution is 0.672. The summed E-state index contributed by atoms with van der Waals surface area (Å²) in [6, 6.07) is 0. The first-order valence-electron chi connectivity index (χ1n) is 4.97. The van der Waals surface area contributed by atoms with Crippen molar-refractivity contribution in [1.82, 2.24) is 9.97 Å². The highest BCUT2D eigenvalue weighted by molar-refractivity contribution is 7.85. The van der Waals surface area contributed by atoms with Crippen molar-refractivity contribution in [2.24, 2.45) is 0 Å². The summed E-state index contributed by atoms with van der Waals surface area (Å²) in [6.07, 6.45) is 0. The van der Waals surface area contributed by atoms with Crippen LogP contribution in [0.4, 0.5) is 11.5 Å². The molecule has 7 heteroatoms. The van der Waals surface area contributed by atoms with Crippen molar-refractivity contribution >= 4 is 33.9 Å². The van der Waals surface area contributed by atoms with Crippen LogP contribution in [0, 0.1) is 6.92 Å². The minimum Gasteiger partial charge on any atom is -0.394 e. The Hall–Kier alpha value is -0.880. The first-order chi connectivity index (χ1) is 7.58. The average molecular weight is 261 g/mol. The molecule has 0 amide bonds. The number of halogens is 1. The molecule has 1 aromatic heterocycles. The van der Waals surface area contributed by atoms with Gasteiger partial charge in [-0.2, -0.15) is 4.98 Å². The van der Waals surface area contributed by atoms with Gasteiger partial charge in [-0.25, -0.2) is 4.98 Å². The van der Waals surface area contributed by atoms with Gasteiger partial charge in [-0.3, -0.25) is 4.21 Å². The standard InChI is InChI=1S/C9H13ClN4OS/c1-6-7(11)8(13-9(10)12-6)14-2-4-16(15)5-3-14/h2-5,11H2,1H3. The third-order valence-corrected chi connectivity index (χ3v) is 4.01. The molecule has 16 heavy (non-hydrogen) atoms. The summed E-state index contributed by atoms with van der Waals surface area (Å²) in [7, 11) is -0.711. The first-order valence-corrected chi connectivity index (χ1v) is 6.84. The van der Waals surface area contributed by atoms with E-state index in [-0.39, 0.29) is 5.28 Å². The molecular weight excluding hydrogens is 248 g/mol. The van der Waals surface area contributed by atoms with Crippen LogP contribution in [-0.2, 0) is 10.8 Å². The average Bonchev–Trinajstić information content (AvgIpc) is 2.25. The Morgan fingerprint density at radius 3 is 2.62 bits per heavy atom. The second kappa shape index (κ2) is 4.55. The lowest BCUT2D eigenvalue weighted by Crippen LogP contribution is -2.38. The molecule has 0 aromatic carbocycles. The number of nitrogen functional groups attached to an aromatic ring is 1. The van der Waals surface area contributed by atoms with Crippen LogP contribution < -0.4 is 10.6 Å². The van der Waals surface area contributed by atoms with Crippen molar-refractivity contribution in [3.05, 3.63) is 11.0 Å². The maximum Gasteiger partial charge on any atom is 0.224 e. The molecule has 0 aliphatic carbocycles. The van der Waals surface area contributed by atoms with Gasteiger partial charge in [-0.05, 0) is 18.5 Å². The van der Waals surface area contributed by atoms with E-state index >= 15 is 0 Å². The number of hydrogen-bond acceptors (Lipinski definition) is 5. The highest BCUT2D eigenvalue weighted by Crippen LogP contribution is 2.25. The number of rotatable bonds is 1. The van der Waals surface area contributed by atoms with Gasteiger partial charge < -0.3 is 10.6 Å². The normalized spacial score (nSPS) is 17.8. The van der Waals surface area contributed by atoms with E-state index in [2.05, 4.69) is 9.97 Å². The molecule has 0 radical (unpaired) electrons. The molecule has 2 rings (SSSR count). The van der Waals surface area contributed by atoms with Gasteiger partial charge in [0, 0.05) is 35.4 Å². The van der Waals surface area contributed by atoms with E-state index in [4.69, 9.17) is 17.3 Å². The van der Waals surface area contributed by atoms with Gasteiger partial charge in [0.05, 0.1) is 11.4 Å². The number of aromatic nitrogens is 2. The molecule has 1 aromatic rings. The van der Waals surface area contributed by atoms with Gasteiger partial charge in [0.2, 0.25) is 5.28 Å². The van der Waals surface area contributed by atoms with E-state index in [1.807, 2.05) is 4.90 Å². The molecule has 0 saturated carbocycles. The zero-order chi connectivity index (χ0) is 11.7.